The molecule has 2 saturated heterocycles. The van der Waals surface area contributed by atoms with Crippen LogP contribution in [0.4, 0.5) is 27.6 Å². The Morgan fingerprint density at radius 1 is 1.05 bits per heavy atom. The average Bonchev–Trinajstić information content (AvgIpc) is 3.63. The molecule has 0 radical (unpaired) electrons. The molecule has 218 valence electrons. The zero-order valence-electron chi connectivity index (χ0n) is 22.0. The predicted molar refractivity (Wildman–Crippen MR) is 135 cm³/mol. The van der Waals surface area contributed by atoms with Crippen LogP contribution in [0.5, 0.6) is 5.75 Å². The molecule has 1 aliphatic carbocycles. The summed E-state index contributed by atoms with van der Waals surface area (Å²) in [7, 11) is 1.14. The number of aromatic nitrogens is 1. The molecular formula is C29H27F5N2O5. The quantitative estimate of drug-likeness (QED) is 0.213. The van der Waals surface area contributed by atoms with Crippen LogP contribution < -0.4 is 9.64 Å². The van der Waals surface area contributed by atoms with Crippen molar-refractivity contribution in [1.82, 2.24) is 5.16 Å². The molecular weight excluding hydrogens is 551 g/mol. The molecule has 6 rings (SSSR count). The van der Waals surface area contributed by atoms with Gasteiger partial charge in [-0.25, -0.2) is 13.6 Å². The molecule has 1 saturated carbocycles. The Bertz CT molecular complexity index is 1420. The van der Waals surface area contributed by atoms with E-state index in [0.29, 0.717) is 24.2 Å². The Morgan fingerprint density at radius 3 is 2.32 bits per heavy atom. The van der Waals surface area contributed by atoms with Gasteiger partial charge >= 0.3 is 12.3 Å². The number of esters is 1. The molecule has 2 unspecified atom stereocenters. The summed E-state index contributed by atoms with van der Waals surface area (Å²) in [6, 6.07) is 7.36. The van der Waals surface area contributed by atoms with E-state index in [0.717, 1.165) is 44.9 Å². The third-order valence-corrected chi connectivity index (χ3v) is 7.98. The Morgan fingerprint density at radius 2 is 1.71 bits per heavy atom. The first-order valence-corrected chi connectivity index (χ1v) is 13.4. The zero-order valence-corrected chi connectivity index (χ0v) is 22.0. The van der Waals surface area contributed by atoms with Gasteiger partial charge in [-0.1, -0.05) is 17.3 Å². The summed E-state index contributed by atoms with van der Waals surface area (Å²) in [6.07, 6.45) is -0.912. The van der Waals surface area contributed by atoms with Crippen LogP contribution in [0.15, 0.2) is 40.9 Å². The molecule has 0 amide bonds. The second kappa shape index (κ2) is 10.6. The summed E-state index contributed by atoms with van der Waals surface area (Å²) in [4.78, 5) is 13.5. The number of hydrogen-bond donors (Lipinski definition) is 0. The Hall–Kier alpha value is -3.67. The Balaban J connectivity index is 1.21. The van der Waals surface area contributed by atoms with Gasteiger partial charge in [-0.15, -0.1) is 13.2 Å². The molecule has 2 aliphatic heterocycles. The van der Waals surface area contributed by atoms with Crippen LogP contribution in [0.1, 0.15) is 66.1 Å². The van der Waals surface area contributed by atoms with Crippen molar-refractivity contribution in [3.63, 3.8) is 0 Å². The van der Waals surface area contributed by atoms with Crippen molar-refractivity contribution >= 4 is 11.7 Å². The zero-order chi connectivity index (χ0) is 28.9. The maximum absolute atomic E-state index is 15.0. The van der Waals surface area contributed by atoms with E-state index in [1.165, 1.54) is 18.2 Å². The fourth-order valence-corrected chi connectivity index (χ4v) is 6.09. The highest BCUT2D eigenvalue weighted by atomic mass is 19.4. The molecule has 41 heavy (non-hydrogen) atoms. The van der Waals surface area contributed by atoms with Crippen LogP contribution in [0.25, 0.3) is 11.3 Å². The molecule has 2 bridgehead atoms. The van der Waals surface area contributed by atoms with Crippen molar-refractivity contribution in [2.75, 3.05) is 12.0 Å². The molecule has 0 spiro atoms. The van der Waals surface area contributed by atoms with E-state index < -0.39 is 24.0 Å². The number of carbonyl (C=O) groups is 1. The number of carbonyl (C=O) groups excluding carboxylic acids is 1. The SMILES string of the molecule is COC(=O)c1cc(F)c(N2C3CCC2CC(OCc2c(-c4ccccc4OC(F)(F)F)noc2C2CC2)C3)c(F)c1. The number of nitrogens with zero attached hydrogens (tertiary/aromatic N) is 2. The Kier molecular flexibility index (Phi) is 7.13. The highest BCUT2D eigenvalue weighted by molar-refractivity contribution is 5.90. The number of hydrogen-bond acceptors (Lipinski definition) is 7. The van der Waals surface area contributed by atoms with E-state index in [-0.39, 0.29) is 59.0 Å². The number of halogens is 5. The molecule has 3 heterocycles. The van der Waals surface area contributed by atoms with Crippen molar-refractivity contribution < 1.29 is 45.5 Å². The molecule has 2 aromatic carbocycles. The van der Waals surface area contributed by atoms with Gasteiger partial charge in [0.25, 0.3) is 0 Å². The minimum absolute atomic E-state index is 0.0612. The van der Waals surface area contributed by atoms with Crippen LogP contribution in [0, 0.1) is 11.6 Å². The van der Waals surface area contributed by atoms with Crippen molar-refractivity contribution in [3.8, 4) is 17.0 Å². The van der Waals surface area contributed by atoms with Crippen LogP contribution in [-0.4, -0.2) is 42.8 Å². The lowest BCUT2D eigenvalue weighted by Crippen LogP contribution is -2.46. The summed E-state index contributed by atoms with van der Waals surface area (Å²) in [5.41, 5.74) is 0.602. The standard InChI is InChI=1S/C29H27F5N2O5/c1-38-28(37)16-10-22(30)26(23(31)11-16)36-17-8-9-18(36)13-19(12-17)39-14-21-25(35-41-27(21)15-6-7-15)20-4-2-3-5-24(20)40-29(32,33)34/h2-5,10-11,15,17-19H,6-9,12-14H2,1H3. The molecule has 3 aromatic rings. The molecule has 1 aromatic heterocycles. The number of fused-ring (bicyclic) bond motifs is 2. The van der Waals surface area contributed by atoms with Crippen LogP contribution in [-0.2, 0) is 16.1 Å². The number of ether oxygens (including phenoxy) is 3. The van der Waals surface area contributed by atoms with Gasteiger partial charge in [0.05, 0.1) is 25.4 Å². The molecule has 12 heteroatoms. The number of para-hydroxylation sites is 1. The van der Waals surface area contributed by atoms with Gasteiger partial charge in [-0.2, -0.15) is 0 Å². The minimum Gasteiger partial charge on any atom is -0.465 e. The van der Waals surface area contributed by atoms with Crippen molar-refractivity contribution in [2.45, 2.75) is 75.6 Å². The largest absolute Gasteiger partial charge is 0.573 e. The number of methoxy groups -OCH3 is 1. The lowest BCUT2D eigenvalue weighted by Gasteiger charge is -2.40. The van der Waals surface area contributed by atoms with Crippen molar-refractivity contribution in [1.29, 1.82) is 0 Å². The fraction of sp³-hybridized carbons (Fsp3) is 0.448. The third kappa shape index (κ3) is 5.49. The van der Waals surface area contributed by atoms with E-state index in [2.05, 4.69) is 14.6 Å². The van der Waals surface area contributed by atoms with Crippen LogP contribution in [0.3, 0.4) is 0 Å². The highest BCUT2D eigenvalue weighted by Gasteiger charge is 2.44. The van der Waals surface area contributed by atoms with Crippen molar-refractivity contribution in [3.05, 3.63) is 64.9 Å². The number of rotatable bonds is 8. The first-order chi connectivity index (χ1) is 19.6. The average molecular weight is 579 g/mol. The number of piperidine rings is 1. The highest BCUT2D eigenvalue weighted by Crippen LogP contribution is 2.47. The van der Waals surface area contributed by atoms with Gasteiger partial charge in [-0.3, -0.25) is 0 Å². The maximum atomic E-state index is 15.0. The van der Waals surface area contributed by atoms with Crippen LogP contribution in [0.2, 0.25) is 0 Å². The lowest BCUT2D eigenvalue weighted by atomic mass is 9.97. The Labute approximate surface area is 232 Å². The molecule has 0 N–H and O–H groups in total. The topological polar surface area (TPSA) is 74.0 Å². The normalized spacial score (nSPS) is 22.2. The first kappa shape index (κ1) is 27.5. The van der Waals surface area contributed by atoms with E-state index in [9.17, 15) is 18.0 Å². The predicted octanol–water partition coefficient (Wildman–Crippen LogP) is 6.90. The van der Waals surface area contributed by atoms with Gasteiger partial charge in [0.2, 0.25) is 0 Å². The van der Waals surface area contributed by atoms with Gasteiger partial charge in [0.15, 0.2) is 0 Å². The summed E-state index contributed by atoms with van der Waals surface area (Å²) in [6.45, 7) is 0.0612. The molecule has 7 nitrogen and oxygen atoms in total. The lowest BCUT2D eigenvalue weighted by molar-refractivity contribution is -0.274. The smallest absolute Gasteiger partial charge is 0.465 e. The second-order valence-corrected chi connectivity index (χ2v) is 10.7. The van der Waals surface area contributed by atoms with E-state index in [1.54, 1.807) is 11.0 Å². The molecule has 3 fully saturated rings. The first-order valence-electron chi connectivity index (χ1n) is 13.4. The summed E-state index contributed by atoms with van der Waals surface area (Å²) in [5.74, 6) is -2.14. The van der Waals surface area contributed by atoms with Gasteiger partial charge in [0, 0.05) is 29.1 Å². The summed E-state index contributed by atoms with van der Waals surface area (Å²) in [5, 5.41) is 4.11. The monoisotopic (exact) mass is 578 g/mol. The van der Waals surface area contributed by atoms with E-state index >= 15 is 8.78 Å². The molecule has 3 aliphatic rings. The molecule has 2 atom stereocenters. The number of benzene rings is 2. The van der Waals surface area contributed by atoms with Gasteiger partial charge in [-0.05, 0) is 62.8 Å². The van der Waals surface area contributed by atoms with Crippen LogP contribution >= 0.6 is 0 Å². The minimum atomic E-state index is -4.87. The van der Waals surface area contributed by atoms with E-state index in [1.807, 2.05) is 0 Å². The van der Waals surface area contributed by atoms with Crippen molar-refractivity contribution in [2.24, 2.45) is 0 Å². The van der Waals surface area contributed by atoms with Gasteiger partial charge < -0.3 is 23.6 Å². The van der Waals surface area contributed by atoms with Gasteiger partial charge in [0.1, 0.15) is 34.5 Å². The second-order valence-electron chi connectivity index (χ2n) is 10.7. The summed E-state index contributed by atoms with van der Waals surface area (Å²) < 4.78 is 90.0. The fourth-order valence-electron chi connectivity index (χ4n) is 6.09. The number of alkyl halides is 3. The maximum Gasteiger partial charge on any atom is 0.573 e. The summed E-state index contributed by atoms with van der Waals surface area (Å²) >= 11 is 0. The number of anilines is 1. The van der Waals surface area contributed by atoms with E-state index in [4.69, 9.17) is 9.26 Å². The third-order valence-electron chi connectivity index (χ3n) is 7.98.